The molecule has 0 aliphatic carbocycles. The summed E-state index contributed by atoms with van der Waals surface area (Å²) < 4.78 is 25.1. The minimum absolute atomic E-state index is 0.00736. The molecule has 54 heavy (non-hydrogen) atoms. The van der Waals surface area contributed by atoms with E-state index in [9.17, 15) is 20.3 Å². The third-order valence-corrected chi connectivity index (χ3v) is 12.2. The Morgan fingerprint density at radius 1 is 0.907 bits per heavy atom. The van der Waals surface area contributed by atoms with Gasteiger partial charge in [-0.2, -0.15) is 5.26 Å². The molecule has 12 heteroatoms. The summed E-state index contributed by atoms with van der Waals surface area (Å²) in [5.41, 5.74) is 4.44. The fraction of sp³-hybridized carbons (Fsp3) is 0.452. The molecule has 9 rings (SSSR count). The molecule has 12 nitrogen and oxygen atoms in total. The topological polar surface area (TPSA) is 150 Å². The number of carbonyl (C=O) groups is 1. The number of aromatic hydroxyl groups is 2. The van der Waals surface area contributed by atoms with E-state index in [1.165, 1.54) is 0 Å². The number of fused-ring (bicyclic) bond motifs is 10. The lowest BCUT2D eigenvalue weighted by atomic mass is 9.71. The summed E-state index contributed by atoms with van der Waals surface area (Å²) in [6.07, 6.45) is 1.94. The van der Waals surface area contributed by atoms with Gasteiger partial charge in [-0.15, -0.1) is 0 Å². The lowest BCUT2D eigenvalue weighted by Crippen LogP contribution is -2.68. The molecule has 2 bridgehead atoms. The molecule has 1 aromatic heterocycles. The predicted octanol–water partition coefficient (Wildman–Crippen LogP) is 5.29. The van der Waals surface area contributed by atoms with Crippen LogP contribution in [0.15, 0.2) is 36.4 Å². The molecule has 3 aromatic carbocycles. The van der Waals surface area contributed by atoms with E-state index in [-0.39, 0.29) is 35.7 Å². The molecule has 6 heterocycles. The van der Waals surface area contributed by atoms with Gasteiger partial charge in [0.2, 0.25) is 0 Å². The summed E-state index contributed by atoms with van der Waals surface area (Å²) in [4.78, 5) is 22.9. The van der Waals surface area contributed by atoms with Crippen LogP contribution in [0.25, 0.3) is 10.9 Å². The van der Waals surface area contributed by atoms with Crippen molar-refractivity contribution in [3.05, 3.63) is 75.5 Å². The number of hydrogen-bond donors (Lipinski definition) is 3. The smallest absolute Gasteiger partial charge is 0.269 e. The van der Waals surface area contributed by atoms with Crippen molar-refractivity contribution in [1.82, 2.24) is 20.1 Å². The number of benzene rings is 3. The van der Waals surface area contributed by atoms with Crippen molar-refractivity contribution in [3.8, 4) is 40.6 Å². The SMILES string of the molecule is COc1c2c(c(O)c3c1C[C@H]1[C@H](C#N)N4[C@@H](CNC(=O)c5ccc6ccccc6n5)c5c(O)c6c(c(OC)c5C[C@H]4[C@@H]3N1C)CC(C)(C)O6)OC(C)(C)C2. The number of ether oxygens (including phenoxy) is 4. The molecule has 280 valence electrons. The Bertz CT molecular complexity index is 2320. The number of nitriles is 1. The van der Waals surface area contributed by atoms with Gasteiger partial charge in [-0.05, 0) is 59.7 Å². The molecule has 1 saturated heterocycles. The quantitative estimate of drug-likeness (QED) is 0.246. The number of hydrogen-bond acceptors (Lipinski definition) is 11. The van der Waals surface area contributed by atoms with Crippen molar-refractivity contribution in [2.24, 2.45) is 0 Å². The first kappa shape index (κ1) is 34.5. The van der Waals surface area contributed by atoms with Crippen molar-refractivity contribution in [2.45, 2.75) is 94.8 Å². The molecule has 3 N–H and O–H groups in total. The number of methoxy groups -OCH3 is 2. The molecule has 5 aliphatic heterocycles. The summed E-state index contributed by atoms with van der Waals surface area (Å²) in [7, 11) is 5.29. The van der Waals surface area contributed by atoms with Crippen molar-refractivity contribution >= 4 is 16.8 Å². The monoisotopic (exact) mass is 731 g/mol. The van der Waals surface area contributed by atoms with Crippen LogP contribution in [0.1, 0.15) is 83.6 Å². The maximum atomic E-state index is 13.9. The van der Waals surface area contributed by atoms with Gasteiger partial charge in [0.05, 0.1) is 37.9 Å². The zero-order chi connectivity index (χ0) is 38.0. The molecule has 1 fully saturated rings. The second-order valence-electron chi connectivity index (χ2n) is 16.5. The standard InChI is InChI=1S/C42H45N5O7/c1-41(2)16-23-36(51-6)21-15-28-33-32-22(37(52-7)24-17-42(3,4)54-39(24)35(32)49)14-27(46(33)5)29(18-43)47(28)30(31(21)34(48)38(23)53-41)19-44-40(50)26-13-12-20-10-8-9-11-25(20)45-26/h8-13,27-30,33,48-49H,14-17,19H2,1-7H3,(H,44,50)/t27-,28-,29-,30-,33-/m0/s1. The van der Waals surface area contributed by atoms with E-state index in [2.05, 4.69) is 26.2 Å². The zero-order valence-corrected chi connectivity index (χ0v) is 31.6. The highest BCUT2D eigenvalue weighted by molar-refractivity contribution is 5.95. The van der Waals surface area contributed by atoms with Crippen LogP contribution in [0.4, 0.5) is 0 Å². The molecule has 5 atom stereocenters. The summed E-state index contributed by atoms with van der Waals surface area (Å²) in [5, 5.41) is 39.5. The number of amides is 1. The maximum Gasteiger partial charge on any atom is 0.269 e. The lowest BCUT2D eigenvalue weighted by molar-refractivity contribution is -0.0724. The maximum absolute atomic E-state index is 13.9. The Balaban J connectivity index is 1.22. The number of phenolic OH excluding ortho intramolecular Hbond substituents is 2. The van der Waals surface area contributed by atoms with Gasteiger partial charge in [0.15, 0.2) is 23.0 Å². The Morgan fingerprint density at radius 2 is 1.50 bits per heavy atom. The van der Waals surface area contributed by atoms with Crippen molar-refractivity contribution in [3.63, 3.8) is 0 Å². The predicted molar refractivity (Wildman–Crippen MR) is 200 cm³/mol. The van der Waals surface area contributed by atoms with Gasteiger partial charge < -0.3 is 34.5 Å². The average Bonchev–Trinajstić information content (AvgIpc) is 3.65. The van der Waals surface area contributed by atoms with Crippen LogP contribution in [-0.4, -0.2) is 88.0 Å². The summed E-state index contributed by atoms with van der Waals surface area (Å²) in [6, 6.07) is 11.4. The molecule has 5 aliphatic rings. The van der Waals surface area contributed by atoms with E-state index in [0.29, 0.717) is 65.3 Å². The number of para-hydroxylation sites is 1. The second kappa shape index (κ2) is 11.9. The average molecular weight is 732 g/mol. The highest BCUT2D eigenvalue weighted by atomic mass is 16.5. The van der Waals surface area contributed by atoms with E-state index < -0.39 is 35.4 Å². The Morgan fingerprint density at radius 3 is 2.13 bits per heavy atom. The van der Waals surface area contributed by atoms with E-state index in [0.717, 1.165) is 27.6 Å². The third-order valence-electron chi connectivity index (χ3n) is 12.2. The lowest BCUT2D eigenvalue weighted by Gasteiger charge is -2.60. The Kier molecular flexibility index (Phi) is 7.59. The summed E-state index contributed by atoms with van der Waals surface area (Å²) in [5.74, 6) is 1.85. The number of phenols is 2. The fourth-order valence-corrected chi connectivity index (χ4v) is 10.2. The van der Waals surface area contributed by atoms with Crippen LogP contribution in [0.2, 0.25) is 0 Å². The summed E-state index contributed by atoms with van der Waals surface area (Å²) in [6.45, 7) is 7.99. The number of piperazine rings is 1. The fourth-order valence-electron chi connectivity index (χ4n) is 10.2. The van der Waals surface area contributed by atoms with Gasteiger partial charge >= 0.3 is 0 Å². The molecular weight excluding hydrogens is 686 g/mol. The Labute approximate surface area is 314 Å². The van der Waals surface area contributed by atoms with Gasteiger partial charge in [-0.25, -0.2) is 4.98 Å². The zero-order valence-electron chi connectivity index (χ0n) is 31.6. The first-order valence-electron chi connectivity index (χ1n) is 18.6. The van der Waals surface area contributed by atoms with Crippen LogP contribution in [0.5, 0.6) is 34.5 Å². The van der Waals surface area contributed by atoms with E-state index in [1.807, 2.05) is 65.1 Å². The van der Waals surface area contributed by atoms with Crippen molar-refractivity contribution in [2.75, 3.05) is 27.8 Å². The molecular formula is C42H45N5O7. The summed E-state index contributed by atoms with van der Waals surface area (Å²) >= 11 is 0. The van der Waals surface area contributed by atoms with Crippen LogP contribution >= 0.6 is 0 Å². The van der Waals surface area contributed by atoms with Gasteiger partial charge in [0.25, 0.3) is 5.91 Å². The van der Waals surface area contributed by atoms with E-state index in [1.54, 1.807) is 20.3 Å². The van der Waals surface area contributed by atoms with Crippen molar-refractivity contribution < 1.29 is 34.0 Å². The van der Waals surface area contributed by atoms with Crippen molar-refractivity contribution in [1.29, 1.82) is 5.26 Å². The van der Waals surface area contributed by atoms with Crippen LogP contribution in [0, 0.1) is 11.3 Å². The van der Waals surface area contributed by atoms with E-state index in [4.69, 9.17) is 18.9 Å². The van der Waals surface area contributed by atoms with Crippen LogP contribution in [-0.2, 0) is 25.7 Å². The highest BCUT2D eigenvalue weighted by Crippen LogP contribution is 2.61. The minimum Gasteiger partial charge on any atom is -0.504 e. The Hall–Kier alpha value is -5.25. The normalized spacial score (nSPS) is 25.6. The number of likely N-dealkylation sites (N-methyl/N-ethyl adjacent to an activating group) is 1. The number of carbonyl (C=O) groups excluding carboxylic acids is 1. The van der Waals surface area contributed by atoms with E-state index >= 15 is 0 Å². The first-order chi connectivity index (χ1) is 25.8. The van der Waals surface area contributed by atoms with Gasteiger partial charge in [-0.1, -0.05) is 24.3 Å². The minimum atomic E-state index is -0.673. The molecule has 4 aromatic rings. The van der Waals surface area contributed by atoms with Gasteiger partial charge in [-0.3, -0.25) is 14.6 Å². The third kappa shape index (κ3) is 4.87. The first-order valence-corrected chi connectivity index (χ1v) is 18.6. The molecule has 0 radical (unpaired) electrons. The molecule has 0 unspecified atom stereocenters. The number of rotatable bonds is 5. The molecule has 1 amide bonds. The van der Waals surface area contributed by atoms with Gasteiger partial charge in [0.1, 0.15) is 34.4 Å². The molecule has 0 spiro atoms. The van der Waals surface area contributed by atoms with Crippen LogP contribution < -0.4 is 24.3 Å². The van der Waals surface area contributed by atoms with Gasteiger partial charge in [0, 0.05) is 70.2 Å². The number of pyridine rings is 1. The number of nitrogens with one attached hydrogen (secondary N) is 1. The molecule has 0 saturated carbocycles. The largest absolute Gasteiger partial charge is 0.504 e. The number of aromatic nitrogens is 1. The highest BCUT2D eigenvalue weighted by Gasteiger charge is 2.58. The second-order valence-corrected chi connectivity index (χ2v) is 16.5. The number of nitrogens with zero attached hydrogens (tertiary/aromatic N) is 4. The van der Waals surface area contributed by atoms with Crippen LogP contribution in [0.3, 0.4) is 0 Å².